The van der Waals surface area contributed by atoms with Gasteiger partial charge < -0.3 is 30.2 Å². The molecule has 246 valence electrons. The van der Waals surface area contributed by atoms with Gasteiger partial charge in [-0.15, -0.1) is 0 Å². The third-order valence-electron chi connectivity index (χ3n) is 9.18. The van der Waals surface area contributed by atoms with Crippen LogP contribution in [0.3, 0.4) is 0 Å². The van der Waals surface area contributed by atoms with Gasteiger partial charge in [-0.25, -0.2) is 19.9 Å². The third kappa shape index (κ3) is 6.75. The summed E-state index contributed by atoms with van der Waals surface area (Å²) in [7, 11) is 6.01. The summed E-state index contributed by atoms with van der Waals surface area (Å²) in [5, 5.41) is 6.43. The van der Waals surface area contributed by atoms with Gasteiger partial charge in [0.05, 0.1) is 11.6 Å². The van der Waals surface area contributed by atoms with Gasteiger partial charge in [0.2, 0.25) is 11.9 Å². The number of carbonyl (C=O) groups excluding carboxylic acids is 2. The number of aromatic nitrogens is 4. The van der Waals surface area contributed by atoms with Gasteiger partial charge in [0.15, 0.2) is 5.82 Å². The minimum absolute atomic E-state index is 0.0965. The summed E-state index contributed by atoms with van der Waals surface area (Å²) < 4.78 is 0. The van der Waals surface area contributed by atoms with E-state index in [9.17, 15) is 9.59 Å². The molecule has 1 saturated heterocycles. The van der Waals surface area contributed by atoms with Gasteiger partial charge in [-0.05, 0) is 102 Å². The first-order valence-corrected chi connectivity index (χ1v) is 16.2. The highest BCUT2D eigenvalue weighted by Gasteiger charge is 2.44. The summed E-state index contributed by atoms with van der Waals surface area (Å²) in [5.74, 6) is 0.955. The van der Waals surface area contributed by atoms with Crippen molar-refractivity contribution >= 4 is 51.7 Å². The van der Waals surface area contributed by atoms with Crippen molar-refractivity contribution in [3.8, 4) is 0 Å². The van der Waals surface area contributed by atoms with E-state index in [-0.39, 0.29) is 11.8 Å². The number of nitrogens with zero attached hydrogens (tertiary/aromatic N) is 8. The second-order valence-electron chi connectivity index (χ2n) is 13.3. The monoisotopic (exact) mass is 636 g/mol. The number of benzene rings is 2. The van der Waals surface area contributed by atoms with E-state index in [4.69, 9.17) is 4.98 Å². The minimum atomic E-state index is -0.674. The van der Waals surface area contributed by atoms with Crippen LogP contribution in [-0.4, -0.2) is 102 Å². The minimum Gasteiger partial charge on any atom is -0.343 e. The molecule has 6 rings (SSSR count). The molecule has 12 heteroatoms. The molecule has 0 radical (unpaired) electrons. The quantitative estimate of drug-likeness (QED) is 0.244. The number of nitrogens with one attached hydrogen (secondary N) is 2. The molecule has 2 aliphatic heterocycles. The fraction of sp³-hybridized carbons (Fsp3) is 0.429. The van der Waals surface area contributed by atoms with Gasteiger partial charge in [-0.3, -0.25) is 9.59 Å². The fourth-order valence-electron chi connectivity index (χ4n) is 6.18. The smallest absolute Gasteiger partial charge is 0.255 e. The molecule has 0 unspecified atom stereocenters. The summed E-state index contributed by atoms with van der Waals surface area (Å²) in [5.41, 5.74) is 5.19. The standard InChI is InChI=1S/C35H44N10O2/c1-23-9-10-24(19-27(23)40-31-30-28(37-22-38-31)21-36-34(41-30)43(6)16-15-42(4)5)32(46)39-25-11-12-29-26(20-25)35(2,3)33(47)45(29)18-17-44-13-7-8-14-44/h9-12,19-22H,7-8,13-18H2,1-6H3,(H,39,46)(H,37,38,40). The van der Waals surface area contributed by atoms with Crippen molar-refractivity contribution in [2.75, 3.05) is 80.8 Å². The highest BCUT2D eigenvalue weighted by molar-refractivity contribution is 6.09. The maximum absolute atomic E-state index is 13.5. The summed E-state index contributed by atoms with van der Waals surface area (Å²) >= 11 is 0. The van der Waals surface area contributed by atoms with Crippen molar-refractivity contribution in [2.45, 2.75) is 39.0 Å². The molecule has 12 nitrogen and oxygen atoms in total. The summed E-state index contributed by atoms with van der Waals surface area (Å²) in [6.07, 6.45) is 5.62. The zero-order valence-electron chi connectivity index (χ0n) is 28.2. The van der Waals surface area contributed by atoms with Crippen LogP contribution in [0, 0.1) is 6.92 Å². The second-order valence-corrected chi connectivity index (χ2v) is 13.3. The molecule has 0 saturated carbocycles. The van der Waals surface area contributed by atoms with Crippen LogP contribution in [0.15, 0.2) is 48.9 Å². The Labute approximate surface area is 276 Å². The molecule has 2 amide bonds. The number of amides is 2. The van der Waals surface area contributed by atoms with Crippen LogP contribution in [0.25, 0.3) is 11.0 Å². The number of likely N-dealkylation sites (N-methyl/N-ethyl adjacent to an activating group) is 2. The van der Waals surface area contributed by atoms with Crippen LogP contribution in [0.1, 0.15) is 48.2 Å². The number of anilines is 5. The van der Waals surface area contributed by atoms with Crippen molar-refractivity contribution in [2.24, 2.45) is 0 Å². The topological polar surface area (TPSA) is 123 Å². The second kappa shape index (κ2) is 13.2. The lowest BCUT2D eigenvalue weighted by Crippen LogP contribution is -2.40. The fourth-order valence-corrected chi connectivity index (χ4v) is 6.18. The first-order valence-electron chi connectivity index (χ1n) is 16.2. The Morgan fingerprint density at radius 2 is 1.77 bits per heavy atom. The number of likely N-dealkylation sites (tertiary alicyclic amines) is 1. The molecule has 2 aromatic carbocycles. The van der Waals surface area contributed by atoms with E-state index in [1.165, 1.54) is 19.2 Å². The summed E-state index contributed by atoms with van der Waals surface area (Å²) in [6.45, 7) is 11.2. The van der Waals surface area contributed by atoms with Crippen LogP contribution in [0.5, 0.6) is 0 Å². The first-order chi connectivity index (χ1) is 22.5. The molecule has 4 aromatic rings. The molecule has 2 N–H and O–H groups in total. The Kier molecular flexibility index (Phi) is 9.07. The zero-order chi connectivity index (χ0) is 33.3. The molecule has 47 heavy (non-hydrogen) atoms. The van der Waals surface area contributed by atoms with Gasteiger partial charge >= 0.3 is 0 Å². The van der Waals surface area contributed by atoms with Crippen molar-refractivity contribution in [3.05, 3.63) is 65.6 Å². The molecule has 0 aliphatic carbocycles. The predicted octanol–water partition coefficient (Wildman–Crippen LogP) is 4.44. The van der Waals surface area contributed by atoms with Gasteiger partial charge in [-0.2, -0.15) is 0 Å². The lowest BCUT2D eigenvalue weighted by atomic mass is 9.86. The van der Waals surface area contributed by atoms with Gasteiger partial charge in [0.25, 0.3) is 5.91 Å². The van der Waals surface area contributed by atoms with E-state index >= 15 is 0 Å². The number of rotatable bonds is 11. The van der Waals surface area contributed by atoms with E-state index in [2.05, 4.69) is 35.4 Å². The number of fused-ring (bicyclic) bond motifs is 2. The zero-order valence-corrected chi connectivity index (χ0v) is 28.2. The molecule has 4 heterocycles. The van der Waals surface area contributed by atoms with Gasteiger partial charge in [0, 0.05) is 55.9 Å². The normalized spacial score (nSPS) is 15.8. The maximum atomic E-state index is 13.5. The molecular weight excluding hydrogens is 592 g/mol. The highest BCUT2D eigenvalue weighted by Crippen LogP contribution is 2.43. The van der Waals surface area contributed by atoms with Gasteiger partial charge in [0.1, 0.15) is 17.4 Å². The summed E-state index contributed by atoms with van der Waals surface area (Å²) in [6, 6.07) is 11.3. The Bertz CT molecular complexity index is 1800. The molecule has 0 atom stereocenters. The Morgan fingerprint density at radius 1 is 0.979 bits per heavy atom. The van der Waals surface area contributed by atoms with Crippen molar-refractivity contribution in [1.82, 2.24) is 29.7 Å². The van der Waals surface area contributed by atoms with E-state index in [1.54, 1.807) is 12.3 Å². The Balaban J connectivity index is 1.20. The lowest BCUT2D eigenvalue weighted by Gasteiger charge is -2.23. The SMILES string of the molecule is Cc1ccc(C(=O)Nc2ccc3c(c2)C(C)(C)C(=O)N3CCN2CCCC2)cc1Nc1ncnc2cnc(N(C)CCN(C)C)nc12. The van der Waals surface area contributed by atoms with E-state index in [1.807, 2.05) is 82.0 Å². The Hall–Kier alpha value is -4.68. The first kappa shape index (κ1) is 32.3. The summed E-state index contributed by atoms with van der Waals surface area (Å²) in [4.78, 5) is 53.5. The molecule has 2 aromatic heterocycles. The van der Waals surface area contributed by atoms with Crippen molar-refractivity contribution < 1.29 is 9.59 Å². The van der Waals surface area contributed by atoms with Crippen LogP contribution in [0.2, 0.25) is 0 Å². The van der Waals surface area contributed by atoms with Crippen LogP contribution >= 0.6 is 0 Å². The lowest BCUT2D eigenvalue weighted by molar-refractivity contribution is -0.122. The molecular formula is C35H44N10O2. The molecule has 0 bridgehead atoms. The van der Waals surface area contributed by atoms with Crippen molar-refractivity contribution in [3.63, 3.8) is 0 Å². The van der Waals surface area contributed by atoms with Crippen LogP contribution < -0.4 is 20.4 Å². The number of hydrogen-bond acceptors (Lipinski definition) is 10. The highest BCUT2D eigenvalue weighted by atomic mass is 16.2. The average molecular weight is 637 g/mol. The van der Waals surface area contributed by atoms with Crippen LogP contribution in [0.4, 0.5) is 28.8 Å². The van der Waals surface area contributed by atoms with E-state index in [0.29, 0.717) is 40.6 Å². The number of aryl methyl sites for hydroxylation is 1. The average Bonchev–Trinajstić information content (AvgIpc) is 3.64. The van der Waals surface area contributed by atoms with Gasteiger partial charge in [-0.1, -0.05) is 6.07 Å². The van der Waals surface area contributed by atoms with E-state index < -0.39 is 5.41 Å². The molecule has 0 spiro atoms. The Morgan fingerprint density at radius 3 is 2.53 bits per heavy atom. The predicted molar refractivity (Wildman–Crippen MR) is 187 cm³/mol. The third-order valence-corrected chi connectivity index (χ3v) is 9.18. The molecule has 1 fully saturated rings. The number of carbonyl (C=O) groups is 2. The maximum Gasteiger partial charge on any atom is 0.255 e. The molecule has 2 aliphatic rings. The largest absolute Gasteiger partial charge is 0.343 e. The van der Waals surface area contributed by atoms with Crippen molar-refractivity contribution in [1.29, 1.82) is 0 Å². The number of hydrogen-bond donors (Lipinski definition) is 2. The van der Waals surface area contributed by atoms with E-state index in [0.717, 1.165) is 55.2 Å². The van der Waals surface area contributed by atoms with Crippen LogP contribution in [-0.2, 0) is 10.2 Å².